The summed E-state index contributed by atoms with van der Waals surface area (Å²) in [5.74, 6) is 1.11. The molecule has 2 unspecified atom stereocenters. The first-order valence-electron chi connectivity index (χ1n) is 7.15. The second kappa shape index (κ2) is 6.07. The number of hydrogen-bond donors (Lipinski definition) is 1. The molecule has 1 fully saturated rings. The number of aromatic nitrogens is 1. The quantitative estimate of drug-likeness (QED) is 0.880. The minimum atomic E-state index is -0.442. The fraction of sp³-hybridized carbons (Fsp3) is 0.643. The zero-order valence-electron chi connectivity index (χ0n) is 12.2. The molecule has 20 heavy (non-hydrogen) atoms. The third kappa shape index (κ3) is 2.69. The highest BCUT2D eigenvalue weighted by Crippen LogP contribution is 2.18. The Labute approximate surface area is 118 Å². The van der Waals surface area contributed by atoms with Gasteiger partial charge in [0.05, 0.1) is 12.7 Å². The smallest absolute Gasteiger partial charge is 0.246 e. The third-order valence-corrected chi connectivity index (χ3v) is 3.63. The Morgan fingerprint density at radius 1 is 1.30 bits per heavy atom. The molecule has 1 aliphatic heterocycles. The number of aryl methyl sites for hydroxylation is 1. The summed E-state index contributed by atoms with van der Waals surface area (Å²) >= 11 is 0. The molecule has 0 aromatic carbocycles. The molecule has 110 valence electrons. The van der Waals surface area contributed by atoms with Gasteiger partial charge >= 0.3 is 0 Å². The number of hydrogen-bond acceptors (Lipinski definition) is 4. The lowest BCUT2D eigenvalue weighted by molar-refractivity contribution is -0.150. The van der Waals surface area contributed by atoms with Crippen LogP contribution in [0.2, 0.25) is 0 Å². The van der Waals surface area contributed by atoms with Crippen LogP contribution in [0.3, 0.4) is 0 Å². The maximum Gasteiger partial charge on any atom is 0.246 e. The van der Waals surface area contributed by atoms with Crippen molar-refractivity contribution in [2.75, 3.05) is 0 Å². The second-order valence-electron chi connectivity index (χ2n) is 4.93. The van der Waals surface area contributed by atoms with Gasteiger partial charge in [0.25, 0.3) is 0 Å². The minimum absolute atomic E-state index is 0.0600. The topological polar surface area (TPSA) is 75.4 Å². The number of nitrogens with zero attached hydrogens (tertiary/aromatic N) is 2. The molecule has 0 bridgehead atoms. The summed E-state index contributed by atoms with van der Waals surface area (Å²) in [4.78, 5) is 30.2. The Hall–Kier alpha value is -1.85. The number of nitrogens with one attached hydrogen (secondary N) is 1. The molecule has 2 rings (SSSR count). The summed E-state index contributed by atoms with van der Waals surface area (Å²) in [7, 11) is 0. The molecule has 1 aliphatic rings. The normalized spacial score (nSPS) is 23.1. The number of amides is 2. The van der Waals surface area contributed by atoms with E-state index in [1.165, 1.54) is 0 Å². The Bertz CT molecular complexity index is 498. The second-order valence-corrected chi connectivity index (χ2v) is 4.93. The summed E-state index contributed by atoms with van der Waals surface area (Å²) in [5.41, 5.74) is 0. The van der Waals surface area contributed by atoms with E-state index in [9.17, 15) is 9.59 Å². The van der Waals surface area contributed by atoms with Crippen LogP contribution in [0, 0.1) is 0 Å². The molecule has 6 nitrogen and oxygen atoms in total. The van der Waals surface area contributed by atoms with E-state index in [1.54, 1.807) is 11.1 Å². The molecule has 0 saturated carbocycles. The predicted molar refractivity (Wildman–Crippen MR) is 72.7 cm³/mol. The van der Waals surface area contributed by atoms with E-state index in [2.05, 4.69) is 10.3 Å². The largest absolute Gasteiger partial charge is 0.444 e. The Kier molecular flexibility index (Phi) is 4.42. The average molecular weight is 279 g/mol. The van der Waals surface area contributed by atoms with E-state index < -0.39 is 12.1 Å². The Balaban J connectivity index is 2.19. The average Bonchev–Trinajstić information content (AvgIpc) is 2.90. The monoisotopic (exact) mass is 279 g/mol. The molecule has 0 aliphatic carbocycles. The van der Waals surface area contributed by atoms with Crippen molar-refractivity contribution in [1.82, 2.24) is 15.2 Å². The predicted octanol–water partition coefficient (Wildman–Crippen LogP) is 1.25. The summed E-state index contributed by atoms with van der Waals surface area (Å²) < 4.78 is 5.54. The minimum Gasteiger partial charge on any atom is -0.444 e. The summed E-state index contributed by atoms with van der Waals surface area (Å²) in [6.45, 7) is 6.00. The number of rotatable bonds is 5. The summed E-state index contributed by atoms with van der Waals surface area (Å²) in [6, 6.07) is -0.881. The third-order valence-electron chi connectivity index (χ3n) is 3.63. The van der Waals surface area contributed by atoms with Crippen molar-refractivity contribution < 1.29 is 14.0 Å². The van der Waals surface area contributed by atoms with Gasteiger partial charge in [-0.1, -0.05) is 20.8 Å². The van der Waals surface area contributed by atoms with E-state index in [4.69, 9.17) is 4.42 Å². The van der Waals surface area contributed by atoms with Crippen molar-refractivity contribution in [1.29, 1.82) is 0 Å². The molecule has 0 radical (unpaired) electrons. The van der Waals surface area contributed by atoms with Crippen LogP contribution in [-0.4, -0.2) is 33.8 Å². The van der Waals surface area contributed by atoms with E-state index in [0.717, 1.165) is 12.2 Å². The van der Waals surface area contributed by atoms with Gasteiger partial charge in [-0.15, -0.1) is 0 Å². The molecule has 2 heterocycles. The van der Waals surface area contributed by atoms with Crippen molar-refractivity contribution >= 4 is 11.8 Å². The molecule has 0 spiro atoms. The van der Waals surface area contributed by atoms with Gasteiger partial charge in [-0.3, -0.25) is 9.59 Å². The van der Waals surface area contributed by atoms with Crippen LogP contribution in [0.1, 0.15) is 45.3 Å². The highest BCUT2D eigenvalue weighted by Gasteiger charge is 2.39. The van der Waals surface area contributed by atoms with Crippen LogP contribution < -0.4 is 5.32 Å². The zero-order chi connectivity index (χ0) is 14.7. The van der Waals surface area contributed by atoms with Gasteiger partial charge in [0.15, 0.2) is 0 Å². The summed E-state index contributed by atoms with van der Waals surface area (Å²) in [5, 5.41) is 2.77. The van der Waals surface area contributed by atoms with E-state index >= 15 is 0 Å². The Morgan fingerprint density at radius 3 is 2.60 bits per heavy atom. The van der Waals surface area contributed by atoms with Gasteiger partial charge in [-0.05, 0) is 12.8 Å². The fourth-order valence-electron chi connectivity index (χ4n) is 2.43. The van der Waals surface area contributed by atoms with Gasteiger partial charge in [-0.2, -0.15) is 0 Å². The van der Waals surface area contributed by atoms with Crippen molar-refractivity contribution in [3.8, 4) is 0 Å². The first kappa shape index (κ1) is 14.6. The molecule has 1 saturated heterocycles. The summed E-state index contributed by atoms with van der Waals surface area (Å²) in [6.07, 6.45) is 3.59. The molecular weight excluding hydrogens is 258 g/mol. The van der Waals surface area contributed by atoms with Crippen molar-refractivity contribution in [2.45, 2.75) is 58.7 Å². The maximum absolute atomic E-state index is 12.4. The molecule has 2 atom stereocenters. The SMILES string of the molecule is CCc1cnc(CN2C(=O)C(CC)NC(=O)C2CC)o1. The van der Waals surface area contributed by atoms with Gasteiger partial charge in [0.2, 0.25) is 17.7 Å². The van der Waals surface area contributed by atoms with Gasteiger partial charge < -0.3 is 14.6 Å². The van der Waals surface area contributed by atoms with E-state index in [1.807, 2.05) is 20.8 Å². The van der Waals surface area contributed by atoms with Gasteiger partial charge in [0.1, 0.15) is 17.8 Å². The van der Waals surface area contributed by atoms with Crippen LogP contribution in [-0.2, 0) is 22.6 Å². The van der Waals surface area contributed by atoms with Crippen molar-refractivity contribution in [3.05, 3.63) is 17.8 Å². The standard InChI is InChI=1S/C14H21N3O3/c1-4-9-7-15-12(20-9)8-17-11(6-3)13(18)16-10(5-2)14(17)19/h7,10-11H,4-6,8H2,1-3H3,(H,16,18). The first-order chi connectivity index (χ1) is 9.60. The number of carbonyl (C=O) groups is 2. The lowest BCUT2D eigenvalue weighted by Crippen LogP contribution is -2.62. The van der Waals surface area contributed by atoms with Crippen molar-refractivity contribution in [2.24, 2.45) is 0 Å². The van der Waals surface area contributed by atoms with Crippen LogP contribution in [0.4, 0.5) is 0 Å². The first-order valence-corrected chi connectivity index (χ1v) is 7.15. The van der Waals surface area contributed by atoms with Crippen molar-refractivity contribution in [3.63, 3.8) is 0 Å². The fourth-order valence-corrected chi connectivity index (χ4v) is 2.43. The van der Waals surface area contributed by atoms with Crippen LogP contribution >= 0.6 is 0 Å². The molecule has 1 aromatic rings. The van der Waals surface area contributed by atoms with E-state index in [0.29, 0.717) is 18.7 Å². The molecule has 6 heteroatoms. The molecule has 1 N–H and O–H groups in total. The number of piperazine rings is 1. The molecular formula is C14H21N3O3. The van der Waals surface area contributed by atoms with Crippen LogP contribution in [0.15, 0.2) is 10.6 Å². The van der Waals surface area contributed by atoms with Gasteiger partial charge in [0, 0.05) is 6.42 Å². The highest BCUT2D eigenvalue weighted by atomic mass is 16.4. The lowest BCUT2D eigenvalue weighted by Gasteiger charge is -2.37. The van der Waals surface area contributed by atoms with Crippen LogP contribution in [0.5, 0.6) is 0 Å². The molecule has 1 aromatic heterocycles. The lowest BCUT2D eigenvalue weighted by atomic mass is 10.0. The van der Waals surface area contributed by atoms with E-state index in [-0.39, 0.29) is 18.4 Å². The Morgan fingerprint density at radius 2 is 2.05 bits per heavy atom. The highest BCUT2D eigenvalue weighted by molar-refractivity contribution is 5.96. The number of carbonyl (C=O) groups excluding carboxylic acids is 2. The zero-order valence-corrected chi connectivity index (χ0v) is 12.2. The number of oxazole rings is 1. The van der Waals surface area contributed by atoms with Crippen LogP contribution in [0.25, 0.3) is 0 Å². The van der Waals surface area contributed by atoms with Gasteiger partial charge in [-0.25, -0.2) is 4.98 Å². The molecule has 2 amide bonds. The maximum atomic E-state index is 12.4.